The van der Waals surface area contributed by atoms with E-state index in [1.807, 2.05) is 0 Å². The number of halogens is 1. The average Bonchev–Trinajstić information content (AvgIpc) is 2.76. The van der Waals surface area contributed by atoms with Crippen molar-refractivity contribution in [2.75, 3.05) is 7.11 Å². The smallest absolute Gasteiger partial charge is 0.318 e. The van der Waals surface area contributed by atoms with Crippen LogP contribution in [0.1, 0.15) is 28.7 Å². The van der Waals surface area contributed by atoms with Crippen LogP contribution in [0.15, 0.2) is 66.7 Å². The summed E-state index contributed by atoms with van der Waals surface area (Å²) >= 11 is 6.19. The number of carbonyl (C=O) groups is 1. The van der Waals surface area contributed by atoms with E-state index in [9.17, 15) is 15.0 Å². The Morgan fingerprint density at radius 1 is 0.933 bits per heavy atom. The first-order valence-electron chi connectivity index (χ1n) is 9.59. The van der Waals surface area contributed by atoms with E-state index in [4.69, 9.17) is 21.1 Å². The zero-order valence-corrected chi connectivity index (χ0v) is 16.9. The number of hydrogen-bond donors (Lipinski definition) is 2. The van der Waals surface area contributed by atoms with Gasteiger partial charge in [0.25, 0.3) is 0 Å². The maximum absolute atomic E-state index is 13.3. The Morgan fingerprint density at radius 2 is 1.57 bits per heavy atom. The third kappa shape index (κ3) is 2.46. The molecule has 3 aliphatic carbocycles. The molecule has 6 rings (SSSR count). The standard InChI is InChI=1S/C24H19ClO5/c1-29-20-8-4-5-9-21(20)30-22(26)19-13-23(27)15-6-2-3-7-16(15)24(19,28)17-11-10-14(25)12-18(17)23/h2-12,19,27-28H,13H2,1H3. The van der Waals surface area contributed by atoms with Crippen LogP contribution in [0.25, 0.3) is 0 Å². The zero-order chi connectivity index (χ0) is 21.1. The lowest BCUT2D eigenvalue weighted by atomic mass is 9.54. The van der Waals surface area contributed by atoms with Crippen molar-refractivity contribution in [1.82, 2.24) is 0 Å². The highest BCUT2D eigenvalue weighted by Crippen LogP contribution is 2.60. The van der Waals surface area contributed by atoms with E-state index < -0.39 is 23.1 Å². The molecule has 0 amide bonds. The lowest BCUT2D eigenvalue weighted by Crippen LogP contribution is -2.57. The minimum atomic E-state index is -1.65. The van der Waals surface area contributed by atoms with E-state index in [-0.39, 0.29) is 12.2 Å². The van der Waals surface area contributed by atoms with Crippen LogP contribution in [0.5, 0.6) is 11.5 Å². The van der Waals surface area contributed by atoms with Crippen LogP contribution in [0.3, 0.4) is 0 Å². The summed E-state index contributed by atoms with van der Waals surface area (Å²) in [7, 11) is 1.49. The van der Waals surface area contributed by atoms with Gasteiger partial charge in [0.2, 0.25) is 0 Å². The fraction of sp³-hybridized carbons (Fsp3) is 0.208. The summed E-state index contributed by atoms with van der Waals surface area (Å²) in [5, 5.41) is 24.2. The number of aliphatic hydroxyl groups is 2. The van der Waals surface area contributed by atoms with Crippen molar-refractivity contribution in [2.45, 2.75) is 17.6 Å². The van der Waals surface area contributed by atoms with Crippen LogP contribution < -0.4 is 9.47 Å². The van der Waals surface area contributed by atoms with Crippen LogP contribution in [-0.2, 0) is 16.0 Å². The SMILES string of the molecule is COc1ccccc1OC(=O)C1CC2(O)c3ccccc3C1(O)c1ccc(Cl)cc12. The minimum absolute atomic E-state index is 0.0260. The summed E-state index contributed by atoms with van der Waals surface area (Å²) < 4.78 is 10.9. The molecule has 3 aromatic rings. The molecule has 2 N–H and O–H groups in total. The first-order valence-corrected chi connectivity index (χ1v) is 9.97. The third-order valence-electron chi connectivity index (χ3n) is 6.19. The highest BCUT2D eigenvalue weighted by atomic mass is 35.5. The highest BCUT2D eigenvalue weighted by Gasteiger charge is 2.62. The second kappa shape index (κ2) is 6.57. The molecule has 3 unspecified atom stereocenters. The Balaban J connectivity index is 1.66. The number of benzene rings is 3. The molecule has 5 nitrogen and oxygen atoms in total. The van der Waals surface area contributed by atoms with E-state index in [1.165, 1.54) is 7.11 Å². The largest absolute Gasteiger partial charge is 0.493 e. The minimum Gasteiger partial charge on any atom is -0.493 e. The summed E-state index contributed by atoms with van der Waals surface area (Å²) in [5.41, 5.74) is -1.08. The Morgan fingerprint density at radius 3 is 2.30 bits per heavy atom. The van der Waals surface area contributed by atoms with Gasteiger partial charge in [-0.2, -0.15) is 0 Å². The molecule has 0 saturated heterocycles. The maximum atomic E-state index is 13.3. The monoisotopic (exact) mass is 422 g/mol. The normalized spacial score (nSPS) is 25.9. The van der Waals surface area contributed by atoms with E-state index in [1.54, 1.807) is 66.7 Å². The Hall–Kier alpha value is -2.86. The Bertz CT molecular complexity index is 1180. The van der Waals surface area contributed by atoms with Crippen molar-refractivity contribution in [1.29, 1.82) is 0 Å². The zero-order valence-electron chi connectivity index (χ0n) is 16.1. The van der Waals surface area contributed by atoms with Gasteiger partial charge in [-0.05, 0) is 46.5 Å². The molecular weight excluding hydrogens is 404 g/mol. The number of fused-ring (bicyclic) bond motifs is 1. The van der Waals surface area contributed by atoms with Crippen LogP contribution >= 0.6 is 11.6 Å². The van der Waals surface area contributed by atoms with Gasteiger partial charge in [-0.15, -0.1) is 0 Å². The summed E-state index contributed by atoms with van der Waals surface area (Å²) in [6, 6.07) is 18.9. The summed E-state index contributed by atoms with van der Waals surface area (Å²) in [4.78, 5) is 13.3. The molecular formula is C24H19ClO5. The van der Waals surface area contributed by atoms with Crippen molar-refractivity contribution in [2.24, 2.45) is 5.92 Å². The molecule has 3 atom stereocenters. The predicted molar refractivity (Wildman–Crippen MR) is 111 cm³/mol. The number of esters is 1. The van der Waals surface area contributed by atoms with Crippen molar-refractivity contribution >= 4 is 17.6 Å². The Kier molecular flexibility index (Phi) is 4.19. The molecule has 0 spiro atoms. The second-order valence-electron chi connectivity index (χ2n) is 7.69. The first-order chi connectivity index (χ1) is 14.4. The lowest BCUT2D eigenvalue weighted by molar-refractivity contribution is -0.157. The number of hydrogen-bond acceptors (Lipinski definition) is 5. The number of para-hydroxylation sites is 2. The molecule has 0 radical (unpaired) electrons. The maximum Gasteiger partial charge on any atom is 0.318 e. The molecule has 0 saturated carbocycles. The van der Waals surface area contributed by atoms with Crippen molar-refractivity contribution in [3.8, 4) is 11.5 Å². The van der Waals surface area contributed by atoms with E-state index in [0.717, 1.165) is 0 Å². The van der Waals surface area contributed by atoms with Gasteiger partial charge in [0.15, 0.2) is 11.5 Å². The van der Waals surface area contributed by atoms with Crippen molar-refractivity contribution in [3.05, 3.63) is 94.0 Å². The predicted octanol–water partition coefficient (Wildman–Crippen LogP) is 3.76. The number of rotatable bonds is 3. The lowest BCUT2D eigenvalue weighted by Gasteiger charge is -2.53. The fourth-order valence-electron chi connectivity index (χ4n) is 4.83. The quantitative estimate of drug-likeness (QED) is 0.496. The molecule has 30 heavy (non-hydrogen) atoms. The number of carbonyl (C=O) groups excluding carboxylic acids is 1. The molecule has 3 aromatic carbocycles. The van der Waals surface area contributed by atoms with Gasteiger partial charge in [0, 0.05) is 11.4 Å². The van der Waals surface area contributed by atoms with Crippen LogP contribution in [0.2, 0.25) is 5.02 Å². The van der Waals surface area contributed by atoms with E-state index >= 15 is 0 Å². The average molecular weight is 423 g/mol. The molecule has 6 heteroatoms. The van der Waals surface area contributed by atoms with Crippen molar-refractivity contribution < 1.29 is 24.5 Å². The van der Waals surface area contributed by atoms with Crippen LogP contribution in [-0.4, -0.2) is 23.3 Å². The first kappa shape index (κ1) is 19.1. The van der Waals surface area contributed by atoms with Crippen LogP contribution in [0.4, 0.5) is 0 Å². The van der Waals surface area contributed by atoms with Gasteiger partial charge in [-0.1, -0.05) is 54.1 Å². The molecule has 2 bridgehead atoms. The topological polar surface area (TPSA) is 76.0 Å². The van der Waals surface area contributed by atoms with E-state index in [0.29, 0.717) is 33.0 Å². The van der Waals surface area contributed by atoms with Crippen LogP contribution in [0, 0.1) is 5.92 Å². The molecule has 0 heterocycles. The second-order valence-corrected chi connectivity index (χ2v) is 8.13. The van der Waals surface area contributed by atoms with Gasteiger partial charge in [-0.25, -0.2) is 0 Å². The van der Waals surface area contributed by atoms with Gasteiger partial charge in [-0.3, -0.25) is 4.79 Å². The van der Waals surface area contributed by atoms with Gasteiger partial charge in [0.1, 0.15) is 11.2 Å². The highest BCUT2D eigenvalue weighted by molar-refractivity contribution is 6.30. The van der Waals surface area contributed by atoms with Gasteiger partial charge >= 0.3 is 5.97 Å². The Labute approximate surface area is 178 Å². The molecule has 152 valence electrons. The number of ether oxygens (including phenoxy) is 2. The van der Waals surface area contributed by atoms with E-state index in [2.05, 4.69) is 0 Å². The fourth-order valence-corrected chi connectivity index (χ4v) is 5.00. The number of methoxy groups -OCH3 is 1. The summed E-state index contributed by atoms with van der Waals surface area (Å²) in [6.07, 6.45) is -0.0260. The molecule has 0 aliphatic heterocycles. The van der Waals surface area contributed by atoms with Gasteiger partial charge in [0.05, 0.1) is 13.0 Å². The molecule has 0 aromatic heterocycles. The van der Waals surface area contributed by atoms with Crippen molar-refractivity contribution in [3.63, 3.8) is 0 Å². The molecule has 3 aliphatic rings. The summed E-state index contributed by atoms with van der Waals surface area (Å²) in [6.45, 7) is 0. The summed E-state index contributed by atoms with van der Waals surface area (Å²) in [5.74, 6) is -0.997. The van der Waals surface area contributed by atoms with Gasteiger partial charge < -0.3 is 19.7 Å². The molecule has 0 fully saturated rings. The third-order valence-corrected chi connectivity index (χ3v) is 6.42.